The van der Waals surface area contributed by atoms with Crippen molar-refractivity contribution in [2.45, 2.75) is 91.4 Å². The molecule has 1 atom stereocenters. The Hall–Kier alpha value is -0.0800. The molecule has 1 heterocycles. The van der Waals surface area contributed by atoms with E-state index in [0.717, 1.165) is 6.54 Å². The molecule has 0 aromatic rings. The fourth-order valence-corrected chi connectivity index (χ4v) is 4.51. The van der Waals surface area contributed by atoms with Gasteiger partial charge >= 0.3 is 0 Å². The summed E-state index contributed by atoms with van der Waals surface area (Å²) in [6, 6.07) is 0.658. The van der Waals surface area contributed by atoms with Crippen molar-refractivity contribution < 1.29 is 4.74 Å². The van der Waals surface area contributed by atoms with Crippen molar-refractivity contribution in [3.8, 4) is 0 Å². The van der Waals surface area contributed by atoms with Crippen LogP contribution in [0.2, 0.25) is 0 Å². The van der Waals surface area contributed by atoms with Crippen molar-refractivity contribution in [3.05, 3.63) is 0 Å². The third-order valence-corrected chi connectivity index (χ3v) is 4.74. The molecule has 0 aromatic heterocycles. The molecule has 1 saturated heterocycles. The summed E-state index contributed by atoms with van der Waals surface area (Å²) in [6.07, 6.45) is 6.76. The van der Waals surface area contributed by atoms with Gasteiger partial charge < -0.3 is 10.1 Å². The zero-order valence-electron chi connectivity index (χ0n) is 13.8. The predicted octanol–water partition coefficient (Wildman–Crippen LogP) is 4.14. The number of nitrogens with one attached hydrogen (secondary N) is 1. The summed E-state index contributed by atoms with van der Waals surface area (Å²) in [4.78, 5) is 0. The molecule has 0 aromatic carbocycles. The van der Waals surface area contributed by atoms with Crippen molar-refractivity contribution in [1.82, 2.24) is 5.32 Å². The van der Waals surface area contributed by atoms with E-state index in [9.17, 15) is 0 Å². The van der Waals surface area contributed by atoms with Gasteiger partial charge in [-0.05, 0) is 56.8 Å². The van der Waals surface area contributed by atoms with Gasteiger partial charge in [-0.1, -0.05) is 27.7 Å². The van der Waals surface area contributed by atoms with Crippen LogP contribution in [0, 0.1) is 10.8 Å². The Morgan fingerprint density at radius 3 is 2.05 bits per heavy atom. The summed E-state index contributed by atoms with van der Waals surface area (Å²) in [7, 11) is 0. The van der Waals surface area contributed by atoms with Crippen LogP contribution in [-0.4, -0.2) is 24.3 Å². The Kier molecular flexibility index (Phi) is 4.06. The van der Waals surface area contributed by atoms with Crippen LogP contribution in [0.25, 0.3) is 0 Å². The molecule has 0 spiro atoms. The van der Waals surface area contributed by atoms with Gasteiger partial charge in [0, 0.05) is 12.6 Å². The quantitative estimate of drug-likeness (QED) is 0.830. The third kappa shape index (κ3) is 4.46. The van der Waals surface area contributed by atoms with Crippen molar-refractivity contribution in [2.24, 2.45) is 10.8 Å². The first-order chi connectivity index (χ1) is 8.57. The number of hydrogen-bond donors (Lipinski definition) is 1. The molecule has 1 N–H and O–H groups in total. The Labute approximate surface area is 119 Å². The first-order valence-electron chi connectivity index (χ1n) is 7.98. The smallest absolute Gasteiger partial charge is 0.0707 e. The third-order valence-electron chi connectivity index (χ3n) is 4.74. The second-order valence-corrected chi connectivity index (χ2v) is 9.06. The van der Waals surface area contributed by atoms with Gasteiger partial charge in [-0.2, -0.15) is 0 Å². The van der Waals surface area contributed by atoms with Crippen molar-refractivity contribution in [3.63, 3.8) is 0 Å². The molecule has 2 aliphatic rings. The standard InChI is InChI=1S/C17H33NO/c1-15(2)9-13(10-16(3,4)12-15)18-11-14-7-8-17(5,6)19-14/h13-14,18H,7-12H2,1-6H3. The van der Waals surface area contributed by atoms with Gasteiger partial charge in [0.15, 0.2) is 0 Å². The molecule has 1 saturated carbocycles. The van der Waals surface area contributed by atoms with Crippen LogP contribution in [0.1, 0.15) is 73.6 Å². The maximum atomic E-state index is 6.08. The van der Waals surface area contributed by atoms with E-state index in [0.29, 0.717) is 23.0 Å². The minimum Gasteiger partial charge on any atom is -0.371 e. The van der Waals surface area contributed by atoms with E-state index >= 15 is 0 Å². The highest BCUT2D eigenvalue weighted by Gasteiger charge is 2.39. The van der Waals surface area contributed by atoms with Gasteiger partial charge in [0.25, 0.3) is 0 Å². The van der Waals surface area contributed by atoms with E-state index in [1.165, 1.54) is 32.1 Å². The van der Waals surface area contributed by atoms with Gasteiger partial charge in [0.2, 0.25) is 0 Å². The minimum atomic E-state index is 0.0947. The van der Waals surface area contributed by atoms with Gasteiger partial charge in [-0.25, -0.2) is 0 Å². The lowest BCUT2D eigenvalue weighted by Crippen LogP contribution is -2.46. The van der Waals surface area contributed by atoms with Crippen molar-refractivity contribution in [1.29, 1.82) is 0 Å². The molecule has 2 rings (SSSR count). The summed E-state index contributed by atoms with van der Waals surface area (Å²) in [5, 5.41) is 3.79. The maximum Gasteiger partial charge on any atom is 0.0707 e. The van der Waals surface area contributed by atoms with Crippen LogP contribution < -0.4 is 5.32 Å². The van der Waals surface area contributed by atoms with Crippen molar-refractivity contribution >= 4 is 0 Å². The molecule has 19 heavy (non-hydrogen) atoms. The van der Waals surface area contributed by atoms with E-state index < -0.39 is 0 Å². The molecular weight excluding hydrogens is 234 g/mol. The van der Waals surface area contributed by atoms with Crippen LogP contribution in [0.3, 0.4) is 0 Å². The van der Waals surface area contributed by atoms with Crippen molar-refractivity contribution in [2.75, 3.05) is 6.54 Å². The minimum absolute atomic E-state index is 0.0947. The lowest BCUT2D eigenvalue weighted by atomic mass is 9.63. The van der Waals surface area contributed by atoms with E-state index in [-0.39, 0.29) is 5.60 Å². The predicted molar refractivity (Wildman–Crippen MR) is 81.4 cm³/mol. The largest absolute Gasteiger partial charge is 0.371 e. The van der Waals surface area contributed by atoms with E-state index in [2.05, 4.69) is 46.9 Å². The molecule has 1 unspecified atom stereocenters. The first-order valence-corrected chi connectivity index (χ1v) is 7.98. The highest BCUT2D eigenvalue weighted by molar-refractivity contribution is 4.93. The van der Waals surface area contributed by atoms with Crippen LogP contribution in [-0.2, 0) is 4.74 Å². The topological polar surface area (TPSA) is 21.3 Å². The lowest BCUT2D eigenvalue weighted by molar-refractivity contribution is -0.0181. The van der Waals surface area contributed by atoms with Crippen LogP contribution >= 0.6 is 0 Å². The van der Waals surface area contributed by atoms with E-state index in [1.54, 1.807) is 0 Å². The average Bonchev–Trinajstić information content (AvgIpc) is 2.50. The Balaban J connectivity index is 1.83. The fraction of sp³-hybridized carbons (Fsp3) is 1.00. The SMILES string of the molecule is CC1(C)CC(NCC2CCC(C)(C)O2)CC(C)(C)C1. The number of hydrogen-bond acceptors (Lipinski definition) is 2. The zero-order chi connectivity index (χ0) is 14.3. The maximum absolute atomic E-state index is 6.08. The first kappa shape index (κ1) is 15.3. The molecule has 0 bridgehead atoms. The molecule has 2 fully saturated rings. The Morgan fingerprint density at radius 1 is 1.00 bits per heavy atom. The normalized spacial score (nSPS) is 33.5. The van der Waals surface area contributed by atoms with Gasteiger partial charge in [0.1, 0.15) is 0 Å². The molecule has 112 valence electrons. The van der Waals surface area contributed by atoms with Crippen LogP contribution in [0.15, 0.2) is 0 Å². The summed E-state index contributed by atoms with van der Waals surface area (Å²) >= 11 is 0. The Morgan fingerprint density at radius 2 is 1.58 bits per heavy atom. The molecule has 1 aliphatic heterocycles. The number of ether oxygens (including phenoxy) is 1. The lowest BCUT2D eigenvalue weighted by Gasteiger charge is -2.45. The van der Waals surface area contributed by atoms with Gasteiger partial charge in [-0.15, -0.1) is 0 Å². The average molecular weight is 267 g/mol. The second kappa shape index (κ2) is 5.04. The van der Waals surface area contributed by atoms with E-state index in [4.69, 9.17) is 4.74 Å². The Bertz CT molecular complexity index is 303. The van der Waals surface area contributed by atoms with Crippen LogP contribution in [0.4, 0.5) is 0 Å². The summed E-state index contributed by atoms with van der Waals surface area (Å²) < 4.78 is 6.08. The van der Waals surface area contributed by atoms with Gasteiger partial charge in [0.05, 0.1) is 11.7 Å². The van der Waals surface area contributed by atoms with Gasteiger partial charge in [-0.3, -0.25) is 0 Å². The molecule has 2 heteroatoms. The molecule has 0 amide bonds. The monoisotopic (exact) mass is 267 g/mol. The molecular formula is C17H33NO. The molecule has 2 nitrogen and oxygen atoms in total. The van der Waals surface area contributed by atoms with E-state index in [1.807, 2.05) is 0 Å². The highest BCUT2D eigenvalue weighted by Crippen LogP contribution is 2.45. The summed E-state index contributed by atoms with van der Waals surface area (Å²) in [6.45, 7) is 15.1. The molecule has 1 aliphatic carbocycles. The van der Waals surface area contributed by atoms with Crippen LogP contribution in [0.5, 0.6) is 0 Å². The second-order valence-electron chi connectivity index (χ2n) is 9.06. The highest BCUT2D eigenvalue weighted by atomic mass is 16.5. The zero-order valence-corrected chi connectivity index (χ0v) is 13.8. The molecule has 0 radical (unpaired) electrons. The fourth-order valence-electron chi connectivity index (χ4n) is 4.51. The summed E-state index contributed by atoms with van der Waals surface area (Å²) in [5.41, 5.74) is 1.03. The summed E-state index contributed by atoms with van der Waals surface area (Å²) in [5.74, 6) is 0. The number of rotatable bonds is 3.